The van der Waals surface area contributed by atoms with Crippen molar-refractivity contribution in [3.05, 3.63) is 87.9 Å². The zero-order valence-corrected chi connectivity index (χ0v) is 16.6. The number of nitrogens with zero attached hydrogens (tertiary/aromatic N) is 3. The van der Waals surface area contributed by atoms with E-state index in [0.717, 1.165) is 16.8 Å². The molecule has 1 amide bonds. The van der Waals surface area contributed by atoms with Crippen LogP contribution >= 0.6 is 0 Å². The second-order valence-electron chi connectivity index (χ2n) is 7.63. The highest BCUT2D eigenvalue weighted by Gasteiger charge is 2.60. The molecule has 148 valence electrons. The van der Waals surface area contributed by atoms with E-state index in [2.05, 4.69) is 16.3 Å². The minimum Gasteiger partial charge on any atom is -0.420 e. The molecule has 0 fully saturated rings. The fourth-order valence-corrected chi connectivity index (χ4v) is 4.50. The van der Waals surface area contributed by atoms with Crippen LogP contribution in [0.3, 0.4) is 0 Å². The number of rotatable bonds is 2. The molecule has 7 nitrogen and oxygen atoms in total. The number of aromatic nitrogens is 2. The quantitative estimate of drug-likeness (QED) is 0.691. The van der Waals surface area contributed by atoms with Gasteiger partial charge >= 0.3 is 0 Å². The van der Waals surface area contributed by atoms with Gasteiger partial charge < -0.3 is 15.4 Å². The summed E-state index contributed by atoms with van der Waals surface area (Å²) in [5.41, 5.74) is 9.60. The summed E-state index contributed by atoms with van der Waals surface area (Å²) in [6, 6.07) is 17.7. The average Bonchev–Trinajstić information content (AvgIpc) is 3.22. The number of ether oxygens (including phenoxy) is 1. The second-order valence-corrected chi connectivity index (χ2v) is 7.63. The Balaban J connectivity index is 1.77. The van der Waals surface area contributed by atoms with Crippen LogP contribution < -0.4 is 15.4 Å². The van der Waals surface area contributed by atoms with Gasteiger partial charge in [-0.15, -0.1) is 5.10 Å². The Morgan fingerprint density at radius 1 is 1.20 bits per heavy atom. The van der Waals surface area contributed by atoms with Gasteiger partial charge in [0.15, 0.2) is 0 Å². The lowest BCUT2D eigenvalue weighted by atomic mass is 9.69. The van der Waals surface area contributed by atoms with Crippen LogP contribution in [0.1, 0.15) is 27.9 Å². The van der Waals surface area contributed by atoms with Gasteiger partial charge in [0, 0.05) is 16.9 Å². The normalized spacial score (nSPS) is 19.5. The first-order chi connectivity index (χ1) is 14.5. The first-order valence-electron chi connectivity index (χ1n) is 9.59. The van der Waals surface area contributed by atoms with E-state index in [4.69, 9.17) is 10.5 Å². The van der Waals surface area contributed by atoms with Gasteiger partial charge in [0.05, 0.1) is 12.1 Å². The van der Waals surface area contributed by atoms with E-state index in [1.807, 2.05) is 62.4 Å². The first-order valence-corrected chi connectivity index (χ1v) is 9.59. The number of fused-ring (bicyclic) bond motifs is 4. The Bertz CT molecular complexity index is 1270. The van der Waals surface area contributed by atoms with Gasteiger partial charge in [-0.1, -0.05) is 48.0 Å². The number of benzene rings is 2. The largest absolute Gasteiger partial charge is 0.420 e. The molecule has 1 spiro atoms. The number of hydrogen-bond acceptors (Lipinski definition) is 5. The number of hydrogen-bond donors (Lipinski definition) is 2. The maximum absolute atomic E-state index is 14.1. The molecule has 0 saturated heterocycles. The molecule has 3 N–H and O–H groups in total. The zero-order valence-electron chi connectivity index (χ0n) is 16.6. The van der Waals surface area contributed by atoms with E-state index in [-0.39, 0.29) is 23.2 Å². The zero-order chi connectivity index (χ0) is 21.0. The molecule has 2 aromatic carbocycles. The summed E-state index contributed by atoms with van der Waals surface area (Å²) >= 11 is 0. The highest BCUT2D eigenvalue weighted by molar-refractivity contribution is 6.14. The summed E-state index contributed by atoms with van der Waals surface area (Å²) < 4.78 is 5.59. The molecule has 30 heavy (non-hydrogen) atoms. The molecule has 0 saturated carbocycles. The molecular formula is C23H19N5O2. The monoisotopic (exact) mass is 397 g/mol. The highest BCUT2D eigenvalue weighted by atomic mass is 16.5. The molecule has 0 radical (unpaired) electrons. The Kier molecular flexibility index (Phi) is 3.74. The molecular weight excluding hydrogens is 378 g/mol. The minimum atomic E-state index is -1.38. The lowest BCUT2D eigenvalue weighted by molar-refractivity contribution is -0.121. The number of carbonyl (C=O) groups is 1. The number of nitrogens with one attached hydrogen (secondary N) is 1. The van der Waals surface area contributed by atoms with Crippen molar-refractivity contribution in [1.82, 2.24) is 10.2 Å². The number of amides is 1. The lowest BCUT2D eigenvalue weighted by Crippen LogP contribution is -2.45. The van der Waals surface area contributed by atoms with E-state index < -0.39 is 5.41 Å². The molecule has 5 rings (SSSR count). The summed E-state index contributed by atoms with van der Waals surface area (Å²) in [6.07, 6.45) is 0. The maximum Gasteiger partial charge on any atom is 0.248 e. The van der Waals surface area contributed by atoms with Gasteiger partial charge in [-0.3, -0.25) is 9.89 Å². The maximum atomic E-state index is 14.1. The van der Waals surface area contributed by atoms with Gasteiger partial charge in [-0.05, 0) is 25.5 Å². The number of carbonyl (C=O) groups excluding carboxylic acids is 1. The molecule has 0 bridgehead atoms. The van der Waals surface area contributed by atoms with Crippen molar-refractivity contribution in [3.63, 3.8) is 0 Å². The molecule has 1 aromatic heterocycles. The van der Waals surface area contributed by atoms with E-state index in [1.54, 1.807) is 4.90 Å². The highest BCUT2D eigenvalue weighted by Crippen LogP contribution is 2.55. The third kappa shape index (κ3) is 2.19. The number of para-hydroxylation sites is 1. The van der Waals surface area contributed by atoms with Crippen molar-refractivity contribution in [2.24, 2.45) is 5.73 Å². The van der Waals surface area contributed by atoms with Crippen molar-refractivity contribution in [2.45, 2.75) is 25.8 Å². The fourth-order valence-electron chi connectivity index (χ4n) is 4.50. The Morgan fingerprint density at radius 2 is 1.93 bits per heavy atom. The number of H-pyrrole nitrogens is 1. The predicted octanol–water partition coefficient (Wildman–Crippen LogP) is 2.95. The third-order valence-corrected chi connectivity index (χ3v) is 5.85. The fraction of sp³-hybridized carbons (Fsp3) is 0.174. The number of nitrogens with two attached hydrogens (primary N) is 1. The van der Waals surface area contributed by atoms with Gasteiger partial charge in [-0.25, -0.2) is 0 Å². The average molecular weight is 397 g/mol. The van der Waals surface area contributed by atoms with Gasteiger partial charge in [-0.2, -0.15) is 5.26 Å². The summed E-state index contributed by atoms with van der Waals surface area (Å²) in [7, 11) is 0. The molecule has 3 aromatic rings. The predicted molar refractivity (Wildman–Crippen MR) is 110 cm³/mol. The van der Waals surface area contributed by atoms with Crippen LogP contribution in [-0.2, 0) is 16.8 Å². The van der Waals surface area contributed by atoms with Crippen molar-refractivity contribution in [3.8, 4) is 11.9 Å². The molecule has 0 unspecified atom stereocenters. The van der Waals surface area contributed by atoms with Crippen LogP contribution in [0.2, 0.25) is 0 Å². The molecule has 3 heterocycles. The van der Waals surface area contributed by atoms with Crippen molar-refractivity contribution in [2.75, 3.05) is 4.90 Å². The molecule has 1 atom stereocenters. The van der Waals surface area contributed by atoms with Gasteiger partial charge in [0.25, 0.3) is 0 Å². The van der Waals surface area contributed by atoms with E-state index >= 15 is 0 Å². The number of aryl methyl sites for hydroxylation is 2. The van der Waals surface area contributed by atoms with Gasteiger partial charge in [0.1, 0.15) is 17.1 Å². The molecule has 2 aliphatic rings. The lowest BCUT2D eigenvalue weighted by Gasteiger charge is -2.32. The second kappa shape index (κ2) is 6.22. The van der Waals surface area contributed by atoms with E-state index in [0.29, 0.717) is 23.4 Å². The molecule has 7 heteroatoms. The topological polar surface area (TPSA) is 108 Å². The summed E-state index contributed by atoms with van der Waals surface area (Å²) in [4.78, 5) is 15.8. The molecule has 0 aliphatic carbocycles. The summed E-state index contributed by atoms with van der Waals surface area (Å²) in [6.45, 7) is 4.21. The standard InChI is InChI=1S/C23H19N5O2/c1-13-7-9-15(10-8-13)12-28-18-6-4-3-5-16(18)23(22(28)29)17(11-24)20(25)30-21-19(23)14(2)26-27-21/h3-10H,12,25H2,1-2H3,(H,26,27)/t23-/m1/s1. The van der Waals surface area contributed by atoms with Crippen molar-refractivity contribution < 1.29 is 9.53 Å². The molecule has 2 aliphatic heterocycles. The van der Waals surface area contributed by atoms with Crippen LogP contribution in [0.25, 0.3) is 0 Å². The Morgan fingerprint density at radius 3 is 2.67 bits per heavy atom. The van der Waals surface area contributed by atoms with Crippen molar-refractivity contribution >= 4 is 11.6 Å². The Hall–Kier alpha value is -4.05. The van der Waals surface area contributed by atoms with E-state index in [1.165, 1.54) is 0 Å². The third-order valence-electron chi connectivity index (χ3n) is 5.85. The Labute approximate surface area is 173 Å². The van der Waals surface area contributed by atoms with Crippen LogP contribution in [0.5, 0.6) is 5.88 Å². The van der Waals surface area contributed by atoms with Crippen LogP contribution in [0, 0.1) is 25.2 Å². The number of aromatic amines is 1. The first kappa shape index (κ1) is 18.0. The summed E-state index contributed by atoms with van der Waals surface area (Å²) in [5.74, 6) is -0.112. The van der Waals surface area contributed by atoms with Crippen molar-refractivity contribution in [1.29, 1.82) is 5.26 Å². The van der Waals surface area contributed by atoms with E-state index in [9.17, 15) is 10.1 Å². The van der Waals surface area contributed by atoms with Gasteiger partial charge in [0.2, 0.25) is 17.7 Å². The number of nitriles is 1. The minimum absolute atomic E-state index is 0.0864. The number of anilines is 1. The van der Waals surface area contributed by atoms with Crippen LogP contribution in [0.4, 0.5) is 5.69 Å². The summed E-state index contributed by atoms with van der Waals surface area (Å²) in [5, 5.41) is 17.1. The smallest absolute Gasteiger partial charge is 0.248 e. The van der Waals surface area contributed by atoms with Crippen LogP contribution in [0.15, 0.2) is 60.0 Å². The van der Waals surface area contributed by atoms with Crippen LogP contribution in [-0.4, -0.2) is 16.1 Å². The SMILES string of the molecule is Cc1ccc(CN2C(=O)[C@@]3(C(C#N)=C(N)Oc4n[nH]c(C)c43)c3ccccc32)cc1.